The summed E-state index contributed by atoms with van der Waals surface area (Å²) >= 11 is 1.20. The molecular formula is C29H20FN3O5S. The number of anilines is 2. The predicted octanol–water partition coefficient (Wildman–Crippen LogP) is 5.21. The molecule has 194 valence electrons. The summed E-state index contributed by atoms with van der Waals surface area (Å²) in [6.45, 7) is 2.32. The highest BCUT2D eigenvalue weighted by Crippen LogP contribution is 2.54. The van der Waals surface area contributed by atoms with Gasteiger partial charge in [-0.2, -0.15) is 0 Å². The molecule has 1 atom stereocenters. The van der Waals surface area contributed by atoms with E-state index >= 15 is 0 Å². The van der Waals surface area contributed by atoms with Gasteiger partial charge in [-0.1, -0.05) is 36.5 Å². The van der Waals surface area contributed by atoms with Crippen LogP contribution >= 0.6 is 11.3 Å². The van der Waals surface area contributed by atoms with Crippen LogP contribution in [0.5, 0.6) is 5.75 Å². The van der Waals surface area contributed by atoms with Crippen LogP contribution in [0.4, 0.5) is 15.2 Å². The first kappa shape index (κ1) is 23.5. The number of nitrogens with zero attached hydrogens (tertiary/aromatic N) is 3. The lowest BCUT2D eigenvalue weighted by molar-refractivity contribution is -0.121. The lowest BCUT2D eigenvalue weighted by atomic mass is 9.84. The maximum Gasteiger partial charge on any atom is 0.297 e. The number of para-hydroxylation sites is 1. The molecule has 7 rings (SSSR count). The SMILES string of the molecule is CCCN1C(=O)C2(c3ccccc31)c1c(oc3ccc(F)cc3c1=O)C(=O)N2c1nc2ccc(OC)cc2s1. The Morgan fingerprint density at radius 1 is 1.08 bits per heavy atom. The summed E-state index contributed by atoms with van der Waals surface area (Å²) in [7, 11) is 1.56. The Bertz CT molecular complexity index is 1930. The van der Waals surface area contributed by atoms with Crippen molar-refractivity contribution in [1.82, 2.24) is 4.98 Å². The third-order valence-electron chi connectivity index (χ3n) is 7.31. The first-order valence-corrected chi connectivity index (χ1v) is 13.2. The standard InChI is InChI=1S/C29H20FN3O5S/c1-3-12-32-20-7-5-4-6-18(20)29(27(32)36)23-24(34)17-13-15(30)8-11-21(17)38-25(23)26(35)33(29)28-31-19-10-9-16(37-2)14-22(19)39-28/h4-11,13-14H,3,12H2,1-2H3. The molecule has 8 nitrogen and oxygen atoms in total. The zero-order valence-electron chi connectivity index (χ0n) is 20.9. The van der Waals surface area contributed by atoms with Crippen LogP contribution in [0.25, 0.3) is 21.2 Å². The number of thiazole rings is 1. The zero-order chi connectivity index (χ0) is 27.1. The molecule has 0 bridgehead atoms. The number of carbonyl (C=O) groups is 2. The minimum Gasteiger partial charge on any atom is -0.497 e. The Kier molecular flexibility index (Phi) is 4.96. The summed E-state index contributed by atoms with van der Waals surface area (Å²) in [4.78, 5) is 50.5. The maximum absolute atomic E-state index is 14.6. The average Bonchev–Trinajstić information content (AvgIpc) is 3.55. The maximum atomic E-state index is 14.6. The Morgan fingerprint density at radius 3 is 2.69 bits per heavy atom. The Hall–Kier alpha value is -4.57. The number of benzene rings is 3. The summed E-state index contributed by atoms with van der Waals surface area (Å²) in [6, 6.07) is 16.0. The Labute approximate surface area is 224 Å². The normalized spacial score (nSPS) is 18.0. The monoisotopic (exact) mass is 541 g/mol. The first-order chi connectivity index (χ1) is 18.9. The fourth-order valence-electron chi connectivity index (χ4n) is 5.70. The minimum atomic E-state index is -1.86. The molecule has 1 spiro atoms. The van der Waals surface area contributed by atoms with Gasteiger partial charge in [0.05, 0.1) is 34.0 Å². The van der Waals surface area contributed by atoms with E-state index in [1.807, 2.05) is 6.92 Å². The number of methoxy groups -OCH3 is 1. The van der Waals surface area contributed by atoms with Gasteiger partial charge in [0.25, 0.3) is 11.8 Å². The van der Waals surface area contributed by atoms with Gasteiger partial charge in [-0.15, -0.1) is 0 Å². The van der Waals surface area contributed by atoms with Crippen LogP contribution in [0.1, 0.15) is 35.0 Å². The summed E-state index contributed by atoms with van der Waals surface area (Å²) in [5.41, 5.74) is -0.901. The number of hydrogen-bond donors (Lipinski definition) is 0. The number of hydrogen-bond acceptors (Lipinski definition) is 7. The summed E-state index contributed by atoms with van der Waals surface area (Å²) in [5.74, 6) is -1.39. The van der Waals surface area contributed by atoms with Crippen molar-refractivity contribution in [3.63, 3.8) is 0 Å². The van der Waals surface area contributed by atoms with Crippen molar-refractivity contribution in [2.75, 3.05) is 23.5 Å². The van der Waals surface area contributed by atoms with Gasteiger partial charge in [0.15, 0.2) is 16.1 Å². The van der Waals surface area contributed by atoms with Crippen molar-refractivity contribution < 1.29 is 23.1 Å². The van der Waals surface area contributed by atoms with Gasteiger partial charge in [0.1, 0.15) is 17.1 Å². The van der Waals surface area contributed by atoms with E-state index in [1.165, 1.54) is 22.3 Å². The molecule has 0 radical (unpaired) electrons. The molecule has 2 amide bonds. The molecule has 39 heavy (non-hydrogen) atoms. The molecule has 5 aromatic rings. The number of amides is 2. The minimum absolute atomic E-state index is 0.0453. The van der Waals surface area contributed by atoms with E-state index in [-0.39, 0.29) is 27.4 Å². The Morgan fingerprint density at radius 2 is 1.90 bits per heavy atom. The van der Waals surface area contributed by atoms with Gasteiger partial charge < -0.3 is 14.1 Å². The molecule has 0 N–H and O–H groups in total. The molecule has 2 aliphatic rings. The molecule has 10 heteroatoms. The molecule has 0 aliphatic carbocycles. The second-order valence-corrected chi connectivity index (χ2v) is 10.4. The van der Waals surface area contributed by atoms with Crippen molar-refractivity contribution >= 4 is 55.2 Å². The van der Waals surface area contributed by atoms with Gasteiger partial charge in [-0.05, 0) is 48.9 Å². The third kappa shape index (κ3) is 2.97. The second-order valence-electron chi connectivity index (χ2n) is 9.43. The Balaban J connectivity index is 1.60. The van der Waals surface area contributed by atoms with Crippen molar-refractivity contribution in [3.8, 4) is 5.75 Å². The molecule has 2 aliphatic heterocycles. The number of halogens is 1. The van der Waals surface area contributed by atoms with Gasteiger partial charge in [-0.25, -0.2) is 9.37 Å². The van der Waals surface area contributed by atoms with Gasteiger partial charge in [-0.3, -0.25) is 19.3 Å². The van der Waals surface area contributed by atoms with Crippen LogP contribution in [-0.2, 0) is 10.3 Å². The number of fused-ring (bicyclic) bond motifs is 6. The van der Waals surface area contributed by atoms with E-state index < -0.39 is 28.6 Å². The summed E-state index contributed by atoms with van der Waals surface area (Å²) in [6.07, 6.45) is 0.648. The van der Waals surface area contributed by atoms with Gasteiger partial charge in [0.2, 0.25) is 5.76 Å². The van der Waals surface area contributed by atoms with E-state index in [9.17, 15) is 18.8 Å². The molecule has 0 saturated heterocycles. The molecule has 2 aromatic heterocycles. The average molecular weight is 542 g/mol. The third-order valence-corrected chi connectivity index (χ3v) is 8.31. The molecule has 4 heterocycles. The number of carbonyl (C=O) groups excluding carboxylic acids is 2. The lowest BCUT2D eigenvalue weighted by Crippen LogP contribution is -2.53. The highest BCUT2D eigenvalue weighted by molar-refractivity contribution is 7.22. The van der Waals surface area contributed by atoms with E-state index in [4.69, 9.17) is 14.1 Å². The second kappa shape index (κ2) is 8.21. The van der Waals surface area contributed by atoms with Crippen LogP contribution in [0.3, 0.4) is 0 Å². The fourth-order valence-corrected chi connectivity index (χ4v) is 6.74. The van der Waals surface area contributed by atoms with E-state index in [2.05, 4.69) is 0 Å². The number of rotatable bonds is 4. The quantitative estimate of drug-likeness (QED) is 0.310. The summed E-state index contributed by atoms with van der Waals surface area (Å²) in [5, 5.41) is 0.182. The summed E-state index contributed by atoms with van der Waals surface area (Å²) < 4.78 is 26.3. The number of aromatic nitrogens is 1. The largest absolute Gasteiger partial charge is 0.497 e. The molecule has 0 saturated carbocycles. The smallest absolute Gasteiger partial charge is 0.297 e. The molecule has 3 aromatic carbocycles. The van der Waals surface area contributed by atoms with Crippen LogP contribution < -0.4 is 20.0 Å². The topological polar surface area (TPSA) is 93.0 Å². The van der Waals surface area contributed by atoms with Gasteiger partial charge in [0, 0.05) is 12.1 Å². The first-order valence-electron chi connectivity index (χ1n) is 12.4. The zero-order valence-corrected chi connectivity index (χ0v) is 21.7. The van der Waals surface area contributed by atoms with Crippen molar-refractivity contribution in [2.45, 2.75) is 18.9 Å². The van der Waals surface area contributed by atoms with Gasteiger partial charge >= 0.3 is 0 Å². The molecule has 1 unspecified atom stereocenters. The van der Waals surface area contributed by atoms with E-state index in [1.54, 1.807) is 54.5 Å². The van der Waals surface area contributed by atoms with E-state index in [0.717, 1.165) is 16.8 Å². The molecular weight excluding hydrogens is 521 g/mol. The van der Waals surface area contributed by atoms with Crippen molar-refractivity contribution in [1.29, 1.82) is 0 Å². The van der Waals surface area contributed by atoms with Crippen LogP contribution in [0.2, 0.25) is 0 Å². The highest BCUT2D eigenvalue weighted by atomic mass is 32.1. The number of ether oxygens (including phenoxy) is 1. The fraction of sp³-hybridized carbons (Fsp3) is 0.172. The molecule has 0 fully saturated rings. The lowest BCUT2D eigenvalue weighted by Gasteiger charge is -2.32. The van der Waals surface area contributed by atoms with Crippen molar-refractivity contribution in [2.24, 2.45) is 0 Å². The van der Waals surface area contributed by atoms with Crippen LogP contribution in [0.15, 0.2) is 69.9 Å². The predicted molar refractivity (Wildman–Crippen MR) is 145 cm³/mol. The van der Waals surface area contributed by atoms with Crippen LogP contribution in [0, 0.1) is 5.82 Å². The van der Waals surface area contributed by atoms with E-state index in [0.29, 0.717) is 35.5 Å². The highest BCUT2D eigenvalue weighted by Gasteiger charge is 2.66. The van der Waals surface area contributed by atoms with Crippen molar-refractivity contribution in [3.05, 3.63) is 93.6 Å². The van der Waals surface area contributed by atoms with Crippen LogP contribution in [-0.4, -0.2) is 30.5 Å².